The molecule has 0 aliphatic carbocycles. The highest BCUT2D eigenvalue weighted by molar-refractivity contribution is 5.91. The first-order valence-electron chi connectivity index (χ1n) is 7.27. The van der Waals surface area contributed by atoms with E-state index in [9.17, 15) is 13.6 Å². The molecule has 1 aromatic heterocycles. The van der Waals surface area contributed by atoms with Crippen molar-refractivity contribution in [3.05, 3.63) is 41.2 Å². The van der Waals surface area contributed by atoms with E-state index in [4.69, 9.17) is 5.11 Å². The lowest BCUT2D eigenvalue weighted by Crippen LogP contribution is -2.28. The average Bonchev–Trinajstić information content (AvgIpc) is 2.93. The van der Waals surface area contributed by atoms with Gasteiger partial charge in [-0.2, -0.15) is 5.10 Å². The number of phenols is 1. The molecule has 0 bridgehead atoms. The average molecular weight is 359 g/mol. The second-order valence-electron chi connectivity index (χ2n) is 5.36. The van der Waals surface area contributed by atoms with Crippen molar-refractivity contribution in [2.24, 2.45) is 0 Å². The number of amides is 1. The number of aromatic nitrogens is 2. The van der Waals surface area contributed by atoms with E-state index in [0.717, 1.165) is 37.1 Å². The van der Waals surface area contributed by atoms with Crippen LogP contribution >= 0.6 is 12.4 Å². The van der Waals surface area contributed by atoms with Crippen LogP contribution in [0.2, 0.25) is 0 Å². The summed E-state index contributed by atoms with van der Waals surface area (Å²) in [5.41, 5.74) is 1.56. The zero-order chi connectivity index (χ0) is 16.4. The van der Waals surface area contributed by atoms with Crippen LogP contribution in [0, 0.1) is 11.6 Å². The number of aromatic hydroxyl groups is 1. The Bertz CT molecular complexity index is 728. The Balaban J connectivity index is 0.00000208. The zero-order valence-corrected chi connectivity index (χ0v) is 13.5. The fourth-order valence-electron chi connectivity index (χ4n) is 2.46. The molecule has 1 aliphatic heterocycles. The molecule has 1 amide bonds. The Morgan fingerprint density at radius 2 is 2.12 bits per heavy atom. The molecule has 24 heavy (non-hydrogen) atoms. The van der Waals surface area contributed by atoms with Gasteiger partial charge in [-0.15, -0.1) is 12.4 Å². The van der Waals surface area contributed by atoms with Gasteiger partial charge in [-0.3, -0.25) is 9.48 Å². The van der Waals surface area contributed by atoms with Crippen molar-refractivity contribution < 1.29 is 18.7 Å². The number of aryl methyl sites for hydroxylation is 1. The second-order valence-corrected chi connectivity index (χ2v) is 5.36. The number of hydrogen-bond acceptors (Lipinski definition) is 4. The van der Waals surface area contributed by atoms with Gasteiger partial charge in [0.05, 0.1) is 23.6 Å². The molecule has 2 heterocycles. The summed E-state index contributed by atoms with van der Waals surface area (Å²) < 4.78 is 28.7. The summed E-state index contributed by atoms with van der Waals surface area (Å²) in [6.45, 7) is 2.40. The zero-order valence-electron chi connectivity index (χ0n) is 12.7. The van der Waals surface area contributed by atoms with Crippen molar-refractivity contribution >= 4 is 24.0 Å². The molecule has 0 unspecified atom stereocenters. The van der Waals surface area contributed by atoms with Gasteiger partial charge in [0.15, 0.2) is 17.4 Å². The van der Waals surface area contributed by atoms with E-state index >= 15 is 0 Å². The van der Waals surface area contributed by atoms with Gasteiger partial charge < -0.3 is 15.7 Å². The molecular weight excluding hydrogens is 342 g/mol. The van der Waals surface area contributed by atoms with Gasteiger partial charge in [-0.25, -0.2) is 8.78 Å². The van der Waals surface area contributed by atoms with Gasteiger partial charge in [0.25, 0.3) is 0 Å². The minimum absolute atomic E-state index is 0. The van der Waals surface area contributed by atoms with E-state index in [1.54, 1.807) is 0 Å². The summed E-state index contributed by atoms with van der Waals surface area (Å²) in [7, 11) is 0. The van der Waals surface area contributed by atoms with Crippen molar-refractivity contribution in [2.75, 3.05) is 11.9 Å². The first kappa shape index (κ1) is 18.2. The Morgan fingerprint density at radius 3 is 2.88 bits per heavy atom. The largest absolute Gasteiger partial charge is 0.505 e. The summed E-state index contributed by atoms with van der Waals surface area (Å²) in [5.74, 6) is -3.12. The Morgan fingerprint density at radius 1 is 1.33 bits per heavy atom. The number of phenolic OH excluding ortho intramolecular Hbond substituents is 1. The van der Waals surface area contributed by atoms with Crippen LogP contribution < -0.4 is 10.6 Å². The Hall–Kier alpha value is -2.19. The van der Waals surface area contributed by atoms with E-state index in [1.807, 2.05) is 10.7 Å². The van der Waals surface area contributed by atoms with E-state index in [0.29, 0.717) is 12.5 Å². The van der Waals surface area contributed by atoms with Gasteiger partial charge in [-0.05, 0) is 6.07 Å². The van der Waals surface area contributed by atoms with Crippen molar-refractivity contribution in [2.45, 2.75) is 25.9 Å². The monoisotopic (exact) mass is 358 g/mol. The lowest BCUT2D eigenvalue weighted by Gasteiger charge is -2.13. The maximum atomic E-state index is 13.5. The molecule has 0 fully saturated rings. The maximum absolute atomic E-state index is 13.5. The third-order valence-corrected chi connectivity index (χ3v) is 3.64. The molecule has 3 rings (SSSR count). The number of hydrogen-bond donors (Lipinski definition) is 3. The van der Waals surface area contributed by atoms with Crippen molar-refractivity contribution in [3.8, 4) is 5.75 Å². The van der Waals surface area contributed by atoms with E-state index in [-0.39, 0.29) is 24.5 Å². The number of nitrogens with zero attached hydrogens (tertiary/aromatic N) is 2. The standard InChI is InChI=1S/C15H16F2N4O2.ClH/c16-11-7-14(22)12(17)6-13(11)19-15(23)2-1-9-5-10-8-18-3-4-21(10)20-9;/h5-7,18,22H,1-4,8H2,(H,19,23);1H. The number of carbonyl (C=O) groups is 1. The van der Waals surface area contributed by atoms with E-state index in [1.165, 1.54) is 0 Å². The Labute approximate surface area is 143 Å². The number of anilines is 1. The predicted molar refractivity (Wildman–Crippen MR) is 86.2 cm³/mol. The van der Waals surface area contributed by atoms with E-state index in [2.05, 4.69) is 15.7 Å². The number of halogens is 3. The molecule has 130 valence electrons. The van der Waals surface area contributed by atoms with Crippen LogP contribution in [0.3, 0.4) is 0 Å². The fraction of sp³-hybridized carbons (Fsp3) is 0.333. The smallest absolute Gasteiger partial charge is 0.224 e. The van der Waals surface area contributed by atoms with Crippen LogP contribution in [0.1, 0.15) is 17.8 Å². The molecule has 0 saturated carbocycles. The van der Waals surface area contributed by atoms with Gasteiger partial charge in [0, 0.05) is 38.1 Å². The SMILES string of the molecule is Cl.O=C(CCc1cc2n(n1)CCNC2)Nc1cc(F)c(O)cc1F. The van der Waals surface area contributed by atoms with Crippen LogP contribution in [0.5, 0.6) is 5.75 Å². The minimum atomic E-state index is -0.990. The summed E-state index contributed by atoms with van der Waals surface area (Å²) in [4.78, 5) is 11.9. The third-order valence-electron chi connectivity index (χ3n) is 3.64. The molecule has 6 nitrogen and oxygen atoms in total. The van der Waals surface area contributed by atoms with Gasteiger partial charge in [0.2, 0.25) is 5.91 Å². The van der Waals surface area contributed by atoms with Gasteiger partial charge in [-0.1, -0.05) is 0 Å². The van der Waals surface area contributed by atoms with Crippen LogP contribution in [-0.4, -0.2) is 27.3 Å². The van der Waals surface area contributed by atoms with Crippen molar-refractivity contribution in [3.63, 3.8) is 0 Å². The summed E-state index contributed by atoms with van der Waals surface area (Å²) >= 11 is 0. The molecule has 0 saturated heterocycles. The highest BCUT2D eigenvalue weighted by Crippen LogP contribution is 2.23. The number of fused-ring (bicyclic) bond motifs is 1. The third kappa shape index (κ3) is 4.01. The molecule has 3 N–H and O–H groups in total. The first-order chi connectivity index (χ1) is 11.0. The minimum Gasteiger partial charge on any atom is -0.505 e. The fourth-order valence-corrected chi connectivity index (χ4v) is 2.46. The molecule has 1 aliphatic rings. The topological polar surface area (TPSA) is 79.2 Å². The number of rotatable bonds is 4. The van der Waals surface area contributed by atoms with Crippen LogP contribution in [0.25, 0.3) is 0 Å². The summed E-state index contributed by atoms with van der Waals surface area (Å²) in [5, 5.41) is 19.0. The highest BCUT2D eigenvalue weighted by atomic mass is 35.5. The molecule has 2 aromatic rings. The number of nitrogens with one attached hydrogen (secondary N) is 2. The number of carbonyl (C=O) groups excluding carboxylic acids is 1. The van der Waals surface area contributed by atoms with Gasteiger partial charge in [0.1, 0.15) is 0 Å². The highest BCUT2D eigenvalue weighted by Gasteiger charge is 2.14. The van der Waals surface area contributed by atoms with Crippen LogP contribution in [0.4, 0.5) is 14.5 Å². The van der Waals surface area contributed by atoms with E-state index < -0.39 is 23.3 Å². The van der Waals surface area contributed by atoms with Crippen LogP contribution in [0.15, 0.2) is 18.2 Å². The lowest BCUT2D eigenvalue weighted by molar-refractivity contribution is -0.116. The molecule has 0 spiro atoms. The van der Waals surface area contributed by atoms with Crippen molar-refractivity contribution in [1.82, 2.24) is 15.1 Å². The van der Waals surface area contributed by atoms with Crippen molar-refractivity contribution in [1.29, 1.82) is 0 Å². The maximum Gasteiger partial charge on any atom is 0.224 e. The molecule has 1 aromatic carbocycles. The van der Waals surface area contributed by atoms with Crippen LogP contribution in [-0.2, 0) is 24.3 Å². The molecule has 0 radical (unpaired) electrons. The normalized spacial score (nSPS) is 13.1. The van der Waals surface area contributed by atoms with Gasteiger partial charge >= 0.3 is 0 Å². The summed E-state index contributed by atoms with van der Waals surface area (Å²) in [6.07, 6.45) is 0.514. The molecule has 0 atom stereocenters. The Kier molecular flexibility index (Phi) is 5.74. The quantitative estimate of drug-likeness (QED) is 0.730. The first-order valence-corrected chi connectivity index (χ1v) is 7.27. The molecular formula is C15H17ClF2N4O2. The predicted octanol–water partition coefficient (Wildman–Crippen LogP) is 1.96. The second kappa shape index (κ2) is 7.59. The summed E-state index contributed by atoms with van der Waals surface area (Å²) in [6, 6.07) is 3.31. The number of benzene rings is 1. The molecule has 9 heteroatoms. The lowest BCUT2D eigenvalue weighted by atomic mass is 10.2.